The van der Waals surface area contributed by atoms with Crippen LogP contribution in [0, 0.1) is 0 Å². The van der Waals surface area contributed by atoms with Crippen LogP contribution in [0.25, 0.3) is 22.6 Å². The zero-order valence-corrected chi connectivity index (χ0v) is 16.4. The number of esters is 1. The molecule has 5 nitrogen and oxygen atoms in total. The maximum absolute atomic E-state index is 12.6. The fourth-order valence-electron chi connectivity index (χ4n) is 2.80. The molecule has 1 aromatic heterocycles. The highest BCUT2D eigenvalue weighted by Gasteiger charge is 2.19. The van der Waals surface area contributed by atoms with Crippen LogP contribution in [0.2, 0.25) is 10.0 Å². The van der Waals surface area contributed by atoms with Gasteiger partial charge in [0.1, 0.15) is 5.52 Å². The van der Waals surface area contributed by atoms with Gasteiger partial charge in [-0.3, -0.25) is 4.79 Å². The van der Waals surface area contributed by atoms with E-state index in [1.165, 1.54) is 18.2 Å². The summed E-state index contributed by atoms with van der Waals surface area (Å²) in [6.45, 7) is -0.432. The van der Waals surface area contributed by atoms with Crippen molar-refractivity contribution in [2.45, 2.75) is 0 Å². The van der Waals surface area contributed by atoms with Crippen LogP contribution < -0.4 is 0 Å². The molecule has 0 amide bonds. The Balaban J connectivity index is 1.55. The zero-order valence-electron chi connectivity index (χ0n) is 14.9. The molecular formula is C22H13Cl2NO4. The average Bonchev–Trinajstić information content (AvgIpc) is 3.18. The Morgan fingerprint density at radius 2 is 1.69 bits per heavy atom. The van der Waals surface area contributed by atoms with Gasteiger partial charge in [-0.1, -0.05) is 47.5 Å². The molecule has 0 aliphatic rings. The number of halogens is 2. The number of nitrogens with zero attached hydrogens (tertiary/aromatic N) is 1. The third kappa shape index (κ3) is 4.01. The molecule has 0 N–H and O–H groups in total. The molecule has 144 valence electrons. The molecule has 29 heavy (non-hydrogen) atoms. The highest BCUT2D eigenvalue weighted by molar-refractivity contribution is 6.42. The molecule has 0 atom stereocenters. The molecule has 4 rings (SSSR count). The smallest absolute Gasteiger partial charge is 0.339 e. The quantitative estimate of drug-likeness (QED) is 0.296. The van der Waals surface area contributed by atoms with Gasteiger partial charge >= 0.3 is 5.97 Å². The van der Waals surface area contributed by atoms with Gasteiger partial charge in [0, 0.05) is 5.56 Å². The molecule has 7 heteroatoms. The Kier molecular flexibility index (Phi) is 5.34. The summed E-state index contributed by atoms with van der Waals surface area (Å²) in [5, 5.41) is 0.595. The lowest BCUT2D eigenvalue weighted by atomic mass is 10.1. The molecule has 0 aliphatic carbocycles. The number of hydrogen-bond acceptors (Lipinski definition) is 5. The van der Waals surface area contributed by atoms with Crippen LogP contribution in [0.15, 0.2) is 71.1 Å². The largest absolute Gasteiger partial charge is 0.454 e. The zero-order chi connectivity index (χ0) is 20.4. The van der Waals surface area contributed by atoms with Crippen molar-refractivity contribution in [3.8, 4) is 11.5 Å². The average molecular weight is 426 g/mol. The standard InChI is InChI=1S/C22H13Cl2NO4/c23-16-10-9-13(11-17(16)24)19(26)12-28-22(27)15-6-2-1-5-14(15)21-25-18-7-3-4-8-20(18)29-21/h1-11H,12H2. The van der Waals surface area contributed by atoms with Crippen LogP contribution in [-0.2, 0) is 4.74 Å². The summed E-state index contributed by atoms with van der Waals surface area (Å²) in [5.74, 6) is -0.748. The van der Waals surface area contributed by atoms with Gasteiger partial charge in [0.25, 0.3) is 0 Å². The van der Waals surface area contributed by atoms with Gasteiger partial charge < -0.3 is 9.15 Å². The van der Waals surface area contributed by atoms with E-state index in [0.717, 1.165) is 0 Å². The summed E-state index contributed by atoms with van der Waals surface area (Å²) in [5.41, 5.74) is 2.33. The normalized spacial score (nSPS) is 10.8. The van der Waals surface area contributed by atoms with Gasteiger partial charge in [0.05, 0.1) is 21.2 Å². The van der Waals surface area contributed by atoms with Crippen LogP contribution in [0.5, 0.6) is 0 Å². The highest BCUT2D eigenvalue weighted by Crippen LogP contribution is 2.27. The van der Waals surface area contributed by atoms with Crippen molar-refractivity contribution in [2.75, 3.05) is 6.61 Å². The van der Waals surface area contributed by atoms with Gasteiger partial charge in [0.2, 0.25) is 5.89 Å². The Labute approximate surface area is 175 Å². The first-order chi connectivity index (χ1) is 14.0. The first-order valence-corrected chi connectivity index (χ1v) is 9.39. The number of rotatable bonds is 5. The topological polar surface area (TPSA) is 69.4 Å². The third-order valence-corrected chi connectivity index (χ3v) is 4.99. The number of para-hydroxylation sites is 2. The molecule has 3 aromatic carbocycles. The molecule has 0 aliphatic heterocycles. The van der Waals surface area contributed by atoms with Crippen molar-refractivity contribution in [1.82, 2.24) is 4.98 Å². The van der Waals surface area contributed by atoms with E-state index in [4.69, 9.17) is 32.4 Å². The number of benzene rings is 3. The third-order valence-electron chi connectivity index (χ3n) is 4.25. The van der Waals surface area contributed by atoms with Crippen molar-refractivity contribution in [2.24, 2.45) is 0 Å². The van der Waals surface area contributed by atoms with Crippen LogP contribution in [0.3, 0.4) is 0 Å². The summed E-state index contributed by atoms with van der Waals surface area (Å²) in [6.07, 6.45) is 0. The van der Waals surface area contributed by atoms with Gasteiger partial charge in [-0.05, 0) is 42.5 Å². The monoisotopic (exact) mass is 425 g/mol. The first-order valence-electron chi connectivity index (χ1n) is 8.63. The maximum Gasteiger partial charge on any atom is 0.339 e. The van der Waals surface area contributed by atoms with Crippen molar-refractivity contribution in [3.63, 3.8) is 0 Å². The van der Waals surface area contributed by atoms with E-state index in [2.05, 4.69) is 4.98 Å². The lowest BCUT2D eigenvalue weighted by Crippen LogP contribution is -2.15. The number of aromatic nitrogens is 1. The van der Waals surface area contributed by atoms with Gasteiger partial charge in [-0.15, -0.1) is 0 Å². The molecular weight excluding hydrogens is 413 g/mol. The van der Waals surface area contributed by atoms with E-state index in [1.807, 2.05) is 18.2 Å². The number of fused-ring (bicyclic) bond motifs is 1. The second-order valence-electron chi connectivity index (χ2n) is 6.16. The van der Waals surface area contributed by atoms with Gasteiger partial charge in [0.15, 0.2) is 18.0 Å². The number of ketones is 1. The summed E-state index contributed by atoms with van der Waals surface area (Å²) in [6, 6.07) is 18.5. The highest BCUT2D eigenvalue weighted by atomic mass is 35.5. The minimum Gasteiger partial charge on any atom is -0.454 e. The van der Waals surface area contributed by atoms with E-state index in [-0.39, 0.29) is 10.6 Å². The molecule has 4 aromatic rings. The van der Waals surface area contributed by atoms with E-state index < -0.39 is 18.4 Å². The number of Topliss-reactive ketones (excluding diaryl/α,β-unsaturated/α-hetero) is 1. The van der Waals surface area contributed by atoms with Crippen LogP contribution in [-0.4, -0.2) is 23.3 Å². The molecule has 0 saturated carbocycles. The molecule has 0 bridgehead atoms. The summed E-state index contributed by atoms with van der Waals surface area (Å²) in [7, 11) is 0. The van der Waals surface area contributed by atoms with Crippen LogP contribution in [0.1, 0.15) is 20.7 Å². The number of carbonyl (C=O) groups excluding carboxylic acids is 2. The Hall–Kier alpha value is -3.15. The maximum atomic E-state index is 12.6. The van der Waals surface area contributed by atoms with Crippen LogP contribution in [0.4, 0.5) is 0 Å². The number of oxazole rings is 1. The minimum atomic E-state index is -0.656. The van der Waals surface area contributed by atoms with Crippen molar-refractivity contribution in [3.05, 3.63) is 87.9 Å². The van der Waals surface area contributed by atoms with Crippen molar-refractivity contribution < 1.29 is 18.7 Å². The predicted molar refractivity (Wildman–Crippen MR) is 111 cm³/mol. The summed E-state index contributed by atoms with van der Waals surface area (Å²) < 4.78 is 11.0. The van der Waals surface area contributed by atoms with E-state index in [9.17, 15) is 9.59 Å². The predicted octanol–water partition coefficient (Wildman–Crippen LogP) is 5.84. The van der Waals surface area contributed by atoms with E-state index in [1.54, 1.807) is 30.3 Å². The van der Waals surface area contributed by atoms with Gasteiger partial charge in [-0.2, -0.15) is 0 Å². The SMILES string of the molecule is O=C(COC(=O)c1ccccc1-c1nc2ccccc2o1)c1ccc(Cl)c(Cl)c1. The molecule has 0 unspecified atom stereocenters. The van der Waals surface area contributed by atoms with E-state index in [0.29, 0.717) is 33.1 Å². The second kappa shape index (κ2) is 8.07. The Morgan fingerprint density at radius 3 is 2.48 bits per heavy atom. The van der Waals surface area contributed by atoms with Crippen molar-refractivity contribution in [1.29, 1.82) is 0 Å². The molecule has 0 radical (unpaired) electrons. The number of ether oxygens (including phenoxy) is 1. The fraction of sp³-hybridized carbons (Fsp3) is 0.0455. The molecule has 0 fully saturated rings. The number of carbonyl (C=O) groups is 2. The summed E-state index contributed by atoms with van der Waals surface area (Å²) in [4.78, 5) is 29.3. The van der Waals surface area contributed by atoms with E-state index >= 15 is 0 Å². The lowest BCUT2D eigenvalue weighted by molar-refractivity contribution is 0.0475. The van der Waals surface area contributed by atoms with Crippen molar-refractivity contribution >= 4 is 46.1 Å². The molecule has 0 spiro atoms. The van der Waals surface area contributed by atoms with Crippen LogP contribution >= 0.6 is 23.2 Å². The Bertz CT molecular complexity index is 1200. The lowest BCUT2D eigenvalue weighted by Gasteiger charge is -2.08. The molecule has 1 heterocycles. The van der Waals surface area contributed by atoms with Gasteiger partial charge in [-0.25, -0.2) is 9.78 Å². The first kappa shape index (κ1) is 19.2. The second-order valence-corrected chi connectivity index (χ2v) is 6.97. The Morgan fingerprint density at radius 1 is 0.931 bits per heavy atom. The number of hydrogen-bond donors (Lipinski definition) is 0. The fourth-order valence-corrected chi connectivity index (χ4v) is 3.09. The molecule has 0 saturated heterocycles. The summed E-state index contributed by atoms with van der Waals surface area (Å²) >= 11 is 11.8. The minimum absolute atomic E-state index is 0.251.